The van der Waals surface area contributed by atoms with Crippen molar-refractivity contribution in [2.24, 2.45) is 0 Å². The zero-order chi connectivity index (χ0) is 14.1. The Morgan fingerprint density at radius 1 is 1.15 bits per heavy atom. The summed E-state index contributed by atoms with van der Waals surface area (Å²) in [6.45, 7) is 5.12. The second-order valence-corrected chi connectivity index (χ2v) is 5.39. The summed E-state index contributed by atoms with van der Waals surface area (Å²) >= 11 is 6.18. The van der Waals surface area contributed by atoms with Gasteiger partial charge < -0.3 is 14.8 Å². The molecule has 2 aromatic carbocycles. The summed E-state index contributed by atoms with van der Waals surface area (Å²) in [5.41, 5.74) is 4.69. The van der Waals surface area contributed by atoms with Crippen LogP contribution in [0.15, 0.2) is 30.3 Å². The molecule has 104 valence electrons. The van der Waals surface area contributed by atoms with Crippen molar-refractivity contribution in [3.05, 3.63) is 52.0 Å². The quantitative estimate of drug-likeness (QED) is 0.914. The molecule has 1 heterocycles. The number of benzene rings is 2. The van der Waals surface area contributed by atoms with Crippen LogP contribution in [0.25, 0.3) is 0 Å². The molecule has 1 N–H and O–H groups in total. The Morgan fingerprint density at radius 2 is 2.00 bits per heavy atom. The SMILES string of the molecule is Cc1ccc(NCc2cc(Cl)c3c(c2)OCO3)c(C)c1. The Bertz CT molecular complexity index is 655. The van der Waals surface area contributed by atoms with E-state index in [1.807, 2.05) is 12.1 Å². The molecule has 20 heavy (non-hydrogen) atoms. The maximum Gasteiger partial charge on any atom is 0.231 e. The minimum Gasteiger partial charge on any atom is -0.454 e. The highest BCUT2D eigenvalue weighted by Crippen LogP contribution is 2.39. The van der Waals surface area contributed by atoms with Crippen LogP contribution in [0.3, 0.4) is 0 Å². The van der Waals surface area contributed by atoms with E-state index in [2.05, 4.69) is 37.4 Å². The van der Waals surface area contributed by atoms with Crippen LogP contribution in [0.4, 0.5) is 5.69 Å². The van der Waals surface area contributed by atoms with Crippen LogP contribution in [0, 0.1) is 13.8 Å². The minimum atomic E-state index is 0.239. The summed E-state index contributed by atoms with van der Waals surface area (Å²) in [6, 6.07) is 10.2. The van der Waals surface area contributed by atoms with E-state index in [0.29, 0.717) is 17.3 Å². The van der Waals surface area contributed by atoms with Crippen LogP contribution in [0.5, 0.6) is 11.5 Å². The number of hydrogen-bond donors (Lipinski definition) is 1. The highest BCUT2D eigenvalue weighted by atomic mass is 35.5. The molecular weight excluding hydrogens is 274 g/mol. The van der Waals surface area contributed by atoms with Crippen LogP contribution in [-0.2, 0) is 6.54 Å². The monoisotopic (exact) mass is 289 g/mol. The first-order valence-corrected chi connectivity index (χ1v) is 6.90. The van der Waals surface area contributed by atoms with E-state index >= 15 is 0 Å². The van der Waals surface area contributed by atoms with Gasteiger partial charge in [-0.05, 0) is 43.2 Å². The van der Waals surface area contributed by atoms with Crippen LogP contribution >= 0.6 is 11.6 Å². The predicted molar refractivity (Wildman–Crippen MR) is 80.8 cm³/mol. The molecule has 1 aliphatic heterocycles. The second-order valence-electron chi connectivity index (χ2n) is 4.98. The topological polar surface area (TPSA) is 30.5 Å². The van der Waals surface area contributed by atoms with Gasteiger partial charge in [0.2, 0.25) is 6.79 Å². The molecule has 3 rings (SSSR count). The van der Waals surface area contributed by atoms with E-state index in [1.54, 1.807) is 0 Å². The standard InChI is InChI=1S/C16H16ClNO2/c1-10-3-4-14(11(2)5-10)18-8-12-6-13(17)16-15(7-12)19-9-20-16/h3-7,18H,8-9H2,1-2H3. The van der Waals surface area contributed by atoms with E-state index < -0.39 is 0 Å². The normalized spacial score (nSPS) is 12.6. The number of aryl methyl sites for hydroxylation is 2. The van der Waals surface area contributed by atoms with Crippen molar-refractivity contribution in [2.75, 3.05) is 12.1 Å². The lowest BCUT2D eigenvalue weighted by atomic mass is 10.1. The molecule has 0 atom stereocenters. The van der Waals surface area contributed by atoms with Crippen LogP contribution < -0.4 is 14.8 Å². The third-order valence-electron chi connectivity index (χ3n) is 3.35. The Balaban J connectivity index is 1.77. The van der Waals surface area contributed by atoms with Gasteiger partial charge in [0, 0.05) is 12.2 Å². The lowest BCUT2D eigenvalue weighted by molar-refractivity contribution is 0.174. The average Bonchev–Trinajstić information content (AvgIpc) is 2.86. The lowest BCUT2D eigenvalue weighted by Gasteiger charge is -2.11. The fraction of sp³-hybridized carbons (Fsp3) is 0.250. The van der Waals surface area contributed by atoms with Gasteiger partial charge in [0.15, 0.2) is 11.5 Å². The van der Waals surface area contributed by atoms with Crippen molar-refractivity contribution < 1.29 is 9.47 Å². The largest absolute Gasteiger partial charge is 0.454 e. The number of ether oxygens (including phenoxy) is 2. The van der Waals surface area contributed by atoms with Crippen molar-refractivity contribution in [1.29, 1.82) is 0 Å². The Labute approximate surface area is 123 Å². The molecule has 0 aromatic heterocycles. The summed E-state index contributed by atoms with van der Waals surface area (Å²) in [5, 5.41) is 4.01. The zero-order valence-electron chi connectivity index (χ0n) is 11.5. The average molecular weight is 290 g/mol. The zero-order valence-corrected chi connectivity index (χ0v) is 12.3. The first-order chi connectivity index (χ1) is 9.63. The number of halogens is 1. The Kier molecular flexibility index (Phi) is 3.45. The second kappa shape index (κ2) is 5.25. The van der Waals surface area contributed by atoms with Gasteiger partial charge in [-0.25, -0.2) is 0 Å². The molecule has 0 bridgehead atoms. The summed E-state index contributed by atoms with van der Waals surface area (Å²) in [7, 11) is 0. The van der Waals surface area contributed by atoms with E-state index in [0.717, 1.165) is 17.0 Å². The number of rotatable bonds is 3. The molecule has 0 saturated heterocycles. The van der Waals surface area contributed by atoms with Gasteiger partial charge >= 0.3 is 0 Å². The first kappa shape index (κ1) is 13.1. The van der Waals surface area contributed by atoms with Crippen LogP contribution in [0.2, 0.25) is 5.02 Å². The molecular formula is C16H16ClNO2. The van der Waals surface area contributed by atoms with Crippen molar-refractivity contribution in [3.63, 3.8) is 0 Å². The molecule has 0 unspecified atom stereocenters. The van der Waals surface area contributed by atoms with Crippen molar-refractivity contribution >= 4 is 17.3 Å². The van der Waals surface area contributed by atoms with Gasteiger partial charge in [-0.15, -0.1) is 0 Å². The van der Waals surface area contributed by atoms with Gasteiger partial charge in [0.1, 0.15) is 0 Å². The molecule has 0 saturated carbocycles. The number of nitrogens with one attached hydrogen (secondary N) is 1. The highest BCUT2D eigenvalue weighted by molar-refractivity contribution is 6.32. The number of anilines is 1. The van der Waals surface area contributed by atoms with E-state index in [4.69, 9.17) is 21.1 Å². The van der Waals surface area contributed by atoms with Gasteiger partial charge in [0.25, 0.3) is 0 Å². The molecule has 4 heteroatoms. The molecule has 0 radical (unpaired) electrons. The molecule has 0 spiro atoms. The molecule has 0 fully saturated rings. The van der Waals surface area contributed by atoms with Crippen LogP contribution in [0.1, 0.15) is 16.7 Å². The van der Waals surface area contributed by atoms with E-state index in [9.17, 15) is 0 Å². The predicted octanol–water partition coefficient (Wildman–Crippen LogP) is 4.30. The van der Waals surface area contributed by atoms with Gasteiger partial charge in [-0.2, -0.15) is 0 Å². The third kappa shape index (κ3) is 2.54. The summed E-state index contributed by atoms with van der Waals surface area (Å²) < 4.78 is 10.7. The third-order valence-corrected chi connectivity index (χ3v) is 3.63. The number of hydrogen-bond acceptors (Lipinski definition) is 3. The fourth-order valence-corrected chi connectivity index (χ4v) is 2.62. The van der Waals surface area contributed by atoms with Crippen molar-refractivity contribution in [2.45, 2.75) is 20.4 Å². The fourth-order valence-electron chi connectivity index (χ4n) is 2.33. The summed E-state index contributed by atoms with van der Waals surface area (Å²) in [6.07, 6.45) is 0. The molecule has 3 nitrogen and oxygen atoms in total. The van der Waals surface area contributed by atoms with E-state index in [-0.39, 0.29) is 6.79 Å². The molecule has 0 amide bonds. The number of fused-ring (bicyclic) bond motifs is 1. The molecule has 1 aliphatic rings. The summed E-state index contributed by atoms with van der Waals surface area (Å²) in [5.74, 6) is 1.36. The van der Waals surface area contributed by atoms with Gasteiger partial charge in [-0.1, -0.05) is 29.3 Å². The minimum absolute atomic E-state index is 0.239. The summed E-state index contributed by atoms with van der Waals surface area (Å²) in [4.78, 5) is 0. The Morgan fingerprint density at radius 3 is 2.80 bits per heavy atom. The first-order valence-electron chi connectivity index (χ1n) is 6.52. The highest BCUT2D eigenvalue weighted by Gasteiger charge is 2.18. The van der Waals surface area contributed by atoms with E-state index in [1.165, 1.54) is 11.1 Å². The smallest absolute Gasteiger partial charge is 0.231 e. The van der Waals surface area contributed by atoms with Crippen molar-refractivity contribution in [3.8, 4) is 11.5 Å². The van der Waals surface area contributed by atoms with Gasteiger partial charge in [-0.3, -0.25) is 0 Å². The molecule has 0 aliphatic carbocycles. The van der Waals surface area contributed by atoms with Gasteiger partial charge in [0.05, 0.1) is 5.02 Å². The Hall–Kier alpha value is -1.87. The maximum absolute atomic E-state index is 6.18. The maximum atomic E-state index is 6.18. The molecule has 2 aromatic rings. The van der Waals surface area contributed by atoms with Crippen molar-refractivity contribution in [1.82, 2.24) is 0 Å². The van der Waals surface area contributed by atoms with Crippen LogP contribution in [-0.4, -0.2) is 6.79 Å². The lowest BCUT2D eigenvalue weighted by Crippen LogP contribution is -2.01.